The van der Waals surface area contributed by atoms with Gasteiger partial charge in [0.25, 0.3) is 5.91 Å². The average molecular weight is 243 g/mol. The molecule has 0 bridgehead atoms. The molecule has 1 aliphatic rings. The number of likely N-dealkylation sites (N-methyl/N-ethyl adjacent to an activating group) is 1. The van der Waals surface area contributed by atoms with Crippen LogP contribution in [0.4, 0.5) is 0 Å². The van der Waals surface area contributed by atoms with Crippen LogP contribution in [0.15, 0.2) is 0 Å². The standard InChI is InChI=1S/C12H21NO4/c1-4-13(8-9(2)12(15)16-3)11(14)10-6-5-7-17-10/h9-10H,4-8H2,1-3H3. The fourth-order valence-electron chi connectivity index (χ4n) is 1.96. The summed E-state index contributed by atoms with van der Waals surface area (Å²) in [6.07, 6.45) is 1.39. The van der Waals surface area contributed by atoms with Gasteiger partial charge in [-0.2, -0.15) is 0 Å². The number of rotatable bonds is 5. The van der Waals surface area contributed by atoms with Crippen LogP contribution in [0.3, 0.4) is 0 Å². The molecule has 98 valence electrons. The summed E-state index contributed by atoms with van der Waals surface area (Å²) in [5.74, 6) is -0.602. The first-order valence-electron chi connectivity index (χ1n) is 6.08. The third kappa shape index (κ3) is 3.70. The largest absolute Gasteiger partial charge is 0.469 e. The summed E-state index contributed by atoms with van der Waals surface area (Å²) in [5.41, 5.74) is 0. The minimum absolute atomic E-state index is 0.0132. The third-order valence-corrected chi connectivity index (χ3v) is 3.00. The molecule has 1 aliphatic heterocycles. The number of hydrogen-bond donors (Lipinski definition) is 0. The number of amides is 1. The van der Waals surface area contributed by atoms with Crippen molar-refractivity contribution < 1.29 is 19.1 Å². The highest BCUT2D eigenvalue weighted by atomic mass is 16.5. The molecule has 0 aromatic rings. The molecule has 1 rings (SSSR count). The monoisotopic (exact) mass is 243 g/mol. The lowest BCUT2D eigenvalue weighted by Crippen LogP contribution is -2.42. The summed E-state index contributed by atoms with van der Waals surface area (Å²) in [5, 5.41) is 0. The van der Waals surface area contributed by atoms with Gasteiger partial charge in [-0.1, -0.05) is 6.92 Å². The third-order valence-electron chi connectivity index (χ3n) is 3.00. The molecule has 0 aromatic heterocycles. The molecule has 0 aliphatic carbocycles. The maximum absolute atomic E-state index is 12.1. The number of nitrogens with zero attached hydrogens (tertiary/aromatic N) is 1. The highest BCUT2D eigenvalue weighted by molar-refractivity contribution is 5.82. The normalized spacial score (nSPS) is 21.0. The molecular weight excluding hydrogens is 222 g/mol. The molecule has 1 heterocycles. The van der Waals surface area contributed by atoms with Crippen LogP contribution in [0, 0.1) is 5.92 Å². The molecule has 0 saturated carbocycles. The Bertz CT molecular complexity index is 274. The van der Waals surface area contributed by atoms with Gasteiger partial charge in [0.15, 0.2) is 0 Å². The zero-order chi connectivity index (χ0) is 12.8. The van der Waals surface area contributed by atoms with Gasteiger partial charge in [0.1, 0.15) is 6.10 Å². The molecule has 0 spiro atoms. The van der Waals surface area contributed by atoms with Crippen LogP contribution in [-0.4, -0.2) is 49.7 Å². The SMILES string of the molecule is CCN(CC(C)C(=O)OC)C(=O)C1CCCO1. The number of esters is 1. The summed E-state index contributed by atoms with van der Waals surface area (Å²) in [7, 11) is 1.36. The van der Waals surface area contributed by atoms with E-state index >= 15 is 0 Å². The van der Waals surface area contributed by atoms with Crippen molar-refractivity contribution >= 4 is 11.9 Å². The van der Waals surface area contributed by atoms with Crippen LogP contribution in [0.1, 0.15) is 26.7 Å². The molecule has 0 radical (unpaired) electrons. The number of carbonyl (C=O) groups is 2. The van der Waals surface area contributed by atoms with E-state index in [0.29, 0.717) is 19.7 Å². The van der Waals surface area contributed by atoms with E-state index in [1.807, 2.05) is 6.92 Å². The molecule has 5 nitrogen and oxygen atoms in total. The van der Waals surface area contributed by atoms with Crippen molar-refractivity contribution in [3.05, 3.63) is 0 Å². The molecule has 1 amide bonds. The van der Waals surface area contributed by atoms with Gasteiger partial charge < -0.3 is 14.4 Å². The Hall–Kier alpha value is -1.10. The molecule has 17 heavy (non-hydrogen) atoms. The highest BCUT2D eigenvalue weighted by Gasteiger charge is 2.29. The van der Waals surface area contributed by atoms with Crippen LogP contribution in [-0.2, 0) is 19.1 Å². The maximum Gasteiger partial charge on any atom is 0.310 e. The van der Waals surface area contributed by atoms with E-state index in [0.717, 1.165) is 12.8 Å². The van der Waals surface area contributed by atoms with Crippen molar-refractivity contribution in [2.75, 3.05) is 26.8 Å². The van der Waals surface area contributed by atoms with Gasteiger partial charge in [-0.15, -0.1) is 0 Å². The zero-order valence-corrected chi connectivity index (χ0v) is 10.8. The summed E-state index contributed by atoms with van der Waals surface area (Å²) in [6.45, 7) is 5.29. The fourth-order valence-corrected chi connectivity index (χ4v) is 1.96. The summed E-state index contributed by atoms with van der Waals surface area (Å²) in [4.78, 5) is 25.1. The minimum Gasteiger partial charge on any atom is -0.469 e. The summed E-state index contributed by atoms with van der Waals surface area (Å²) < 4.78 is 10.0. The first kappa shape index (κ1) is 14.0. The quantitative estimate of drug-likeness (QED) is 0.671. The smallest absolute Gasteiger partial charge is 0.310 e. The van der Waals surface area contributed by atoms with Gasteiger partial charge in [-0.3, -0.25) is 9.59 Å². The molecule has 0 N–H and O–H groups in total. The van der Waals surface area contributed by atoms with Crippen molar-refractivity contribution in [1.82, 2.24) is 4.90 Å². The lowest BCUT2D eigenvalue weighted by molar-refractivity contribution is -0.148. The molecule has 1 saturated heterocycles. The highest BCUT2D eigenvalue weighted by Crippen LogP contribution is 2.15. The van der Waals surface area contributed by atoms with Crippen molar-refractivity contribution in [2.24, 2.45) is 5.92 Å². The van der Waals surface area contributed by atoms with E-state index in [2.05, 4.69) is 4.74 Å². The second-order valence-electron chi connectivity index (χ2n) is 4.30. The predicted molar refractivity (Wildman–Crippen MR) is 62.4 cm³/mol. The molecular formula is C12H21NO4. The van der Waals surface area contributed by atoms with E-state index in [1.165, 1.54) is 7.11 Å². The first-order chi connectivity index (χ1) is 8.10. The van der Waals surface area contributed by atoms with E-state index in [1.54, 1.807) is 11.8 Å². The summed E-state index contributed by atoms with van der Waals surface area (Å²) in [6, 6.07) is 0. The van der Waals surface area contributed by atoms with E-state index < -0.39 is 0 Å². The topological polar surface area (TPSA) is 55.8 Å². The van der Waals surface area contributed by atoms with Crippen LogP contribution in [0.2, 0.25) is 0 Å². The van der Waals surface area contributed by atoms with Gasteiger partial charge in [0, 0.05) is 19.7 Å². The predicted octanol–water partition coefficient (Wildman–Crippen LogP) is 0.823. The van der Waals surface area contributed by atoms with Crippen LogP contribution in [0.5, 0.6) is 0 Å². The second-order valence-corrected chi connectivity index (χ2v) is 4.30. The summed E-state index contributed by atoms with van der Waals surface area (Å²) >= 11 is 0. The van der Waals surface area contributed by atoms with Gasteiger partial charge >= 0.3 is 5.97 Å². The van der Waals surface area contributed by atoms with Crippen molar-refractivity contribution in [2.45, 2.75) is 32.8 Å². The van der Waals surface area contributed by atoms with Crippen molar-refractivity contribution in [3.63, 3.8) is 0 Å². The Morgan fingerprint density at radius 2 is 2.24 bits per heavy atom. The van der Waals surface area contributed by atoms with Crippen LogP contribution >= 0.6 is 0 Å². The Morgan fingerprint density at radius 3 is 2.71 bits per heavy atom. The maximum atomic E-state index is 12.1. The van der Waals surface area contributed by atoms with Crippen molar-refractivity contribution in [3.8, 4) is 0 Å². The Labute approximate surface area is 102 Å². The van der Waals surface area contributed by atoms with Crippen molar-refractivity contribution in [1.29, 1.82) is 0 Å². The second kappa shape index (κ2) is 6.59. The van der Waals surface area contributed by atoms with Gasteiger partial charge in [-0.05, 0) is 19.8 Å². The van der Waals surface area contributed by atoms with Gasteiger partial charge in [0.05, 0.1) is 13.0 Å². The minimum atomic E-state index is -0.320. The Morgan fingerprint density at radius 1 is 1.53 bits per heavy atom. The molecule has 2 unspecified atom stereocenters. The molecule has 1 fully saturated rings. The van der Waals surface area contributed by atoms with E-state index in [-0.39, 0.29) is 23.9 Å². The van der Waals surface area contributed by atoms with Crippen LogP contribution in [0.25, 0.3) is 0 Å². The lowest BCUT2D eigenvalue weighted by Gasteiger charge is -2.25. The van der Waals surface area contributed by atoms with E-state index in [4.69, 9.17) is 4.74 Å². The average Bonchev–Trinajstić information content (AvgIpc) is 2.87. The Kier molecular flexibility index (Phi) is 5.41. The molecule has 0 aromatic carbocycles. The number of carbonyl (C=O) groups excluding carboxylic acids is 2. The van der Waals surface area contributed by atoms with Gasteiger partial charge in [0.2, 0.25) is 0 Å². The van der Waals surface area contributed by atoms with Crippen LogP contribution < -0.4 is 0 Å². The molecule has 5 heteroatoms. The van der Waals surface area contributed by atoms with E-state index in [9.17, 15) is 9.59 Å². The lowest BCUT2D eigenvalue weighted by atomic mass is 10.1. The Balaban J connectivity index is 2.52. The number of hydrogen-bond acceptors (Lipinski definition) is 4. The fraction of sp³-hybridized carbons (Fsp3) is 0.833. The molecule has 2 atom stereocenters. The number of ether oxygens (including phenoxy) is 2. The zero-order valence-electron chi connectivity index (χ0n) is 10.8. The number of methoxy groups -OCH3 is 1. The van der Waals surface area contributed by atoms with Gasteiger partial charge in [-0.25, -0.2) is 0 Å². The first-order valence-corrected chi connectivity index (χ1v) is 6.08.